The fraction of sp³-hybridized carbons (Fsp3) is 0.333. The van der Waals surface area contributed by atoms with Crippen molar-refractivity contribution in [3.63, 3.8) is 0 Å². The van der Waals surface area contributed by atoms with E-state index < -0.39 is 0 Å². The summed E-state index contributed by atoms with van der Waals surface area (Å²) in [4.78, 5) is 13.2. The zero-order chi connectivity index (χ0) is 13.8. The number of benzene rings is 1. The molecule has 0 unspecified atom stereocenters. The lowest BCUT2D eigenvalue weighted by molar-refractivity contribution is 0.594. The van der Waals surface area contributed by atoms with Crippen molar-refractivity contribution in [3.8, 4) is 0 Å². The van der Waals surface area contributed by atoms with Gasteiger partial charge in [0.2, 0.25) is 0 Å². The van der Waals surface area contributed by atoms with Crippen molar-refractivity contribution in [3.05, 3.63) is 52.4 Å². The fourth-order valence-electron chi connectivity index (χ4n) is 2.27. The van der Waals surface area contributed by atoms with E-state index >= 15 is 0 Å². The van der Waals surface area contributed by atoms with Gasteiger partial charge in [0.25, 0.3) is 5.56 Å². The lowest BCUT2D eigenvalue weighted by Gasteiger charge is -2.17. The molecule has 0 atom stereocenters. The van der Waals surface area contributed by atoms with Crippen LogP contribution in [0, 0.1) is 0 Å². The summed E-state index contributed by atoms with van der Waals surface area (Å²) in [5, 5.41) is 7.70. The van der Waals surface area contributed by atoms with Crippen LogP contribution in [0.5, 0.6) is 0 Å². The van der Waals surface area contributed by atoms with E-state index in [0.717, 1.165) is 36.5 Å². The van der Waals surface area contributed by atoms with Crippen LogP contribution in [-0.2, 0) is 13.0 Å². The molecular formula is C15H17N3OS. The van der Waals surface area contributed by atoms with Gasteiger partial charge in [-0.15, -0.1) is 11.8 Å². The topological polar surface area (TPSA) is 46.9 Å². The minimum Gasteiger partial charge on any atom is -0.383 e. The predicted molar refractivity (Wildman–Crippen MR) is 82.5 cm³/mol. The monoisotopic (exact) mass is 287 g/mol. The van der Waals surface area contributed by atoms with E-state index in [4.69, 9.17) is 0 Å². The summed E-state index contributed by atoms with van der Waals surface area (Å²) >= 11 is 1.75. The van der Waals surface area contributed by atoms with E-state index in [2.05, 4.69) is 22.5 Å². The average molecular weight is 287 g/mol. The molecule has 0 saturated heterocycles. The fourth-order valence-corrected chi connectivity index (χ4v) is 3.12. The Morgan fingerprint density at radius 3 is 3.00 bits per heavy atom. The molecule has 104 valence electrons. The third-order valence-corrected chi connectivity index (χ3v) is 4.29. The Balaban J connectivity index is 1.67. The molecule has 0 aliphatic carbocycles. The molecule has 0 saturated carbocycles. The molecule has 1 aromatic heterocycles. The number of nitrogens with one attached hydrogen (secondary N) is 1. The van der Waals surface area contributed by atoms with Crippen molar-refractivity contribution in [1.82, 2.24) is 9.78 Å². The van der Waals surface area contributed by atoms with Crippen LogP contribution in [0.2, 0.25) is 0 Å². The van der Waals surface area contributed by atoms with Crippen LogP contribution in [0.4, 0.5) is 5.69 Å². The minimum atomic E-state index is -0.0215. The molecular weight excluding hydrogens is 270 g/mol. The van der Waals surface area contributed by atoms with Gasteiger partial charge in [-0.25, -0.2) is 4.68 Å². The van der Waals surface area contributed by atoms with Crippen molar-refractivity contribution in [2.24, 2.45) is 0 Å². The molecule has 0 radical (unpaired) electrons. The second-order valence-electron chi connectivity index (χ2n) is 4.76. The second kappa shape index (κ2) is 6.13. The summed E-state index contributed by atoms with van der Waals surface area (Å²) in [5.41, 5.74) is 1.90. The van der Waals surface area contributed by atoms with E-state index in [0.29, 0.717) is 6.54 Å². The van der Waals surface area contributed by atoms with Crippen LogP contribution in [-0.4, -0.2) is 22.1 Å². The van der Waals surface area contributed by atoms with Gasteiger partial charge in [-0.2, -0.15) is 5.10 Å². The van der Waals surface area contributed by atoms with E-state index in [1.165, 1.54) is 4.90 Å². The first kappa shape index (κ1) is 13.2. The molecule has 4 nitrogen and oxygen atoms in total. The lowest BCUT2D eigenvalue weighted by atomic mass is 10.1. The van der Waals surface area contributed by atoms with Gasteiger partial charge >= 0.3 is 0 Å². The normalized spacial score (nSPS) is 13.6. The molecule has 1 aliphatic heterocycles. The van der Waals surface area contributed by atoms with Gasteiger partial charge in [0, 0.05) is 23.3 Å². The first-order valence-electron chi connectivity index (χ1n) is 6.86. The van der Waals surface area contributed by atoms with E-state index in [1.807, 2.05) is 18.2 Å². The first-order valence-corrected chi connectivity index (χ1v) is 7.84. The standard InChI is InChI=1S/C15H17N3OS/c19-15-11-14-13(7-4-8-16-14)17-18(15)9-10-20-12-5-2-1-3-6-12/h1-3,5-6,11,16H,4,7-10H2. The van der Waals surface area contributed by atoms with Gasteiger partial charge < -0.3 is 5.32 Å². The van der Waals surface area contributed by atoms with E-state index in [-0.39, 0.29) is 5.56 Å². The van der Waals surface area contributed by atoms with E-state index in [9.17, 15) is 4.79 Å². The lowest BCUT2D eigenvalue weighted by Crippen LogP contribution is -2.27. The maximum absolute atomic E-state index is 12.0. The van der Waals surface area contributed by atoms with Crippen LogP contribution >= 0.6 is 11.8 Å². The maximum Gasteiger partial charge on any atom is 0.268 e. The number of fused-ring (bicyclic) bond motifs is 1. The Bertz CT molecular complexity index is 639. The van der Waals surface area contributed by atoms with Gasteiger partial charge in [0.05, 0.1) is 17.9 Å². The van der Waals surface area contributed by atoms with Crippen molar-refractivity contribution in [2.75, 3.05) is 17.6 Å². The summed E-state index contributed by atoms with van der Waals surface area (Å²) in [7, 11) is 0. The second-order valence-corrected chi connectivity index (χ2v) is 5.93. The smallest absolute Gasteiger partial charge is 0.268 e. The third-order valence-electron chi connectivity index (χ3n) is 3.30. The maximum atomic E-state index is 12.0. The third kappa shape index (κ3) is 3.04. The number of nitrogens with zero attached hydrogens (tertiary/aromatic N) is 2. The number of rotatable bonds is 4. The Morgan fingerprint density at radius 1 is 1.30 bits per heavy atom. The molecule has 0 fully saturated rings. The van der Waals surface area contributed by atoms with Gasteiger partial charge in [-0.3, -0.25) is 4.79 Å². The first-order chi connectivity index (χ1) is 9.83. The number of anilines is 1. The van der Waals surface area contributed by atoms with Crippen LogP contribution in [0.3, 0.4) is 0 Å². The number of aryl methyl sites for hydroxylation is 2. The number of thioether (sulfide) groups is 1. The summed E-state index contributed by atoms with van der Waals surface area (Å²) in [5.74, 6) is 0.850. The Labute approximate surface area is 122 Å². The minimum absolute atomic E-state index is 0.0215. The van der Waals surface area contributed by atoms with Gasteiger partial charge in [0.15, 0.2) is 0 Å². The van der Waals surface area contributed by atoms with Crippen molar-refractivity contribution >= 4 is 17.4 Å². The number of hydrogen-bond donors (Lipinski definition) is 1. The van der Waals surface area contributed by atoms with Crippen LogP contribution in [0.15, 0.2) is 46.1 Å². The van der Waals surface area contributed by atoms with Crippen LogP contribution in [0.1, 0.15) is 12.1 Å². The van der Waals surface area contributed by atoms with Crippen molar-refractivity contribution in [1.29, 1.82) is 0 Å². The molecule has 1 aliphatic rings. The van der Waals surface area contributed by atoms with Crippen molar-refractivity contribution in [2.45, 2.75) is 24.3 Å². The molecule has 0 bridgehead atoms. The molecule has 1 aromatic carbocycles. The van der Waals surface area contributed by atoms with Crippen LogP contribution < -0.4 is 10.9 Å². The number of aromatic nitrogens is 2. The summed E-state index contributed by atoms with van der Waals surface area (Å²) in [6.45, 7) is 1.58. The molecule has 1 N–H and O–H groups in total. The molecule has 2 heterocycles. The Hall–Kier alpha value is -1.75. The van der Waals surface area contributed by atoms with Crippen LogP contribution in [0.25, 0.3) is 0 Å². The zero-order valence-electron chi connectivity index (χ0n) is 11.2. The largest absolute Gasteiger partial charge is 0.383 e. The molecule has 2 aromatic rings. The van der Waals surface area contributed by atoms with E-state index in [1.54, 1.807) is 22.5 Å². The summed E-state index contributed by atoms with van der Waals surface area (Å²) < 4.78 is 1.59. The predicted octanol–water partition coefficient (Wildman–Crippen LogP) is 2.39. The van der Waals surface area contributed by atoms with Gasteiger partial charge in [-0.1, -0.05) is 18.2 Å². The molecule has 0 amide bonds. The molecule has 0 spiro atoms. The highest BCUT2D eigenvalue weighted by Gasteiger charge is 2.12. The highest BCUT2D eigenvalue weighted by Crippen LogP contribution is 2.18. The SMILES string of the molecule is O=c1cc2c(nn1CCSc1ccccc1)CCCN2. The Kier molecular flexibility index (Phi) is 4.06. The average Bonchev–Trinajstić information content (AvgIpc) is 2.49. The molecule has 5 heteroatoms. The van der Waals surface area contributed by atoms with Gasteiger partial charge in [0.1, 0.15) is 0 Å². The quantitative estimate of drug-likeness (QED) is 0.877. The molecule has 20 heavy (non-hydrogen) atoms. The van der Waals surface area contributed by atoms with Gasteiger partial charge in [-0.05, 0) is 25.0 Å². The highest BCUT2D eigenvalue weighted by atomic mass is 32.2. The Morgan fingerprint density at radius 2 is 2.15 bits per heavy atom. The zero-order valence-corrected chi connectivity index (χ0v) is 12.0. The number of hydrogen-bond acceptors (Lipinski definition) is 4. The van der Waals surface area contributed by atoms with Crippen molar-refractivity contribution < 1.29 is 0 Å². The summed E-state index contributed by atoms with van der Waals surface area (Å²) in [6.07, 6.45) is 2.03. The summed E-state index contributed by atoms with van der Waals surface area (Å²) in [6, 6.07) is 11.9. The molecule has 3 rings (SSSR count). The highest BCUT2D eigenvalue weighted by molar-refractivity contribution is 7.99.